The van der Waals surface area contributed by atoms with Crippen molar-refractivity contribution >= 4 is 17.5 Å². The largest absolute Gasteiger partial charge is 0.493 e. The van der Waals surface area contributed by atoms with Gasteiger partial charge in [-0.3, -0.25) is 9.69 Å². The minimum absolute atomic E-state index is 0.197. The standard InChI is InChI=1S/C30H42ClN3O4/c1-24-18-27(8-9-28(24)31)38-23-30(20-29(35)34-13-15-36-16-14-34)10-5-11-33(22-30)21-25-6-4-7-26(19-25)37-17-12-32(2)3/h4,6-9,18-19H,5,10-17,20-23H2,1-3H3. The van der Waals surface area contributed by atoms with Gasteiger partial charge in [0.25, 0.3) is 0 Å². The molecule has 0 spiro atoms. The van der Waals surface area contributed by atoms with Crippen LogP contribution < -0.4 is 9.47 Å². The Hall–Kier alpha value is -2.32. The third-order valence-electron chi connectivity index (χ3n) is 7.42. The molecule has 0 N–H and O–H groups in total. The molecule has 2 heterocycles. The minimum atomic E-state index is -0.263. The molecule has 0 saturated carbocycles. The summed E-state index contributed by atoms with van der Waals surface area (Å²) in [4.78, 5) is 19.9. The van der Waals surface area contributed by atoms with Gasteiger partial charge in [0.1, 0.15) is 18.1 Å². The molecule has 2 aromatic carbocycles. The van der Waals surface area contributed by atoms with E-state index in [2.05, 4.69) is 28.0 Å². The number of halogens is 1. The van der Waals surface area contributed by atoms with E-state index in [-0.39, 0.29) is 11.3 Å². The smallest absolute Gasteiger partial charge is 0.223 e. The van der Waals surface area contributed by atoms with Crippen molar-refractivity contribution in [2.24, 2.45) is 5.41 Å². The van der Waals surface area contributed by atoms with Crippen LogP contribution in [0, 0.1) is 12.3 Å². The van der Waals surface area contributed by atoms with Gasteiger partial charge in [-0.15, -0.1) is 0 Å². The molecule has 7 nitrogen and oxygen atoms in total. The van der Waals surface area contributed by atoms with Gasteiger partial charge in [-0.25, -0.2) is 0 Å². The van der Waals surface area contributed by atoms with E-state index in [1.165, 1.54) is 5.56 Å². The van der Waals surface area contributed by atoms with E-state index < -0.39 is 0 Å². The molecule has 0 aromatic heterocycles. The number of likely N-dealkylation sites (N-methyl/N-ethyl adjacent to an activating group) is 1. The van der Waals surface area contributed by atoms with Gasteiger partial charge in [0.05, 0.1) is 19.8 Å². The second-order valence-electron chi connectivity index (χ2n) is 11.0. The normalized spacial score (nSPS) is 20.5. The lowest BCUT2D eigenvalue weighted by atomic mass is 9.77. The maximum atomic E-state index is 13.4. The number of carbonyl (C=O) groups excluding carboxylic acids is 1. The summed E-state index contributed by atoms with van der Waals surface area (Å²) >= 11 is 6.23. The zero-order valence-corrected chi connectivity index (χ0v) is 23.8. The highest BCUT2D eigenvalue weighted by Gasteiger charge is 2.39. The fourth-order valence-corrected chi connectivity index (χ4v) is 5.40. The first-order chi connectivity index (χ1) is 18.3. The SMILES string of the molecule is Cc1cc(OCC2(CC(=O)N3CCOCC3)CCCN(Cc3cccc(OCCN(C)C)c3)C2)ccc1Cl. The number of rotatable bonds is 11. The van der Waals surface area contributed by atoms with Gasteiger partial charge in [0, 0.05) is 49.6 Å². The van der Waals surface area contributed by atoms with E-state index in [1.54, 1.807) is 0 Å². The van der Waals surface area contributed by atoms with E-state index in [4.69, 9.17) is 25.8 Å². The molecule has 0 radical (unpaired) electrons. The Morgan fingerprint density at radius 2 is 1.87 bits per heavy atom. The van der Waals surface area contributed by atoms with Crippen LogP contribution in [0.4, 0.5) is 0 Å². The molecule has 4 rings (SSSR count). The number of morpholine rings is 1. The first kappa shape index (κ1) is 28.7. The molecule has 0 aliphatic carbocycles. The molecule has 2 aliphatic heterocycles. The summed E-state index contributed by atoms with van der Waals surface area (Å²) in [5, 5.41) is 0.728. The molecule has 208 valence electrons. The fraction of sp³-hybridized carbons (Fsp3) is 0.567. The number of nitrogens with zero attached hydrogens (tertiary/aromatic N) is 3. The van der Waals surface area contributed by atoms with Crippen LogP contribution in [0.25, 0.3) is 0 Å². The van der Waals surface area contributed by atoms with E-state index in [0.717, 1.165) is 61.1 Å². The number of benzene rings is 2. The molecule has 1 atom stereocenters. The molecule has 38 heavy (non-hydrogen) atoms. The highest BCUT2D eigenvalue weighted by atomic mass is 35.5. The van der Waals surface area contributed by atoms with Gasteiger partial charge in [-0.1, -0.05) is 23.7 Å². The van der Waals surface area contributed by atoms with Crippen LogP contribution >= 0.6 is 11.6 Å². The van der Waals surface area contributed by atoms with Crippen LogP contribution in [0.15, 0.2) is 42.5 Å². The summed E-state index contributed by atoms with van der Waals surface area (Å²) in [6, 6.07) is 14.1. The lowest BCUT2D eigenvalue weighted by Crippen LogP contribution is -2.50. The summed E-state index contributed by atoms with van der Waals surface area (Å²) in [7, 11) is 4.09. The number of carbonyl (C=O) groups is 1. The van der Waals surface area contributed by atoms with E-state index in [0.29, 0.717) is 45.9 Å². The molecule has 8 heteroatoms. The molecule has 2 aliphatic rings. The molecule has 2 saturated heterocycles. The summed E-state index contributed by atoms with van der Waals surface area (Å²) in [6.07, 6.45) is 2.46. The number of likely N-dealkylation sites (tertiary alicyclic amines) is 1. The third-order valence-corrected chi connectivity index (χ3v) is 7.84. The number of aryl methyl sites for hydroxylation is 1. The van der Waals surface area contributed by atoms with Crippen molar-refractivity contribution in [2.45, 2.75) is 32.7 Å². The van der Waals surface area contributed by atoms with Crippen molar-refractivity contribution in [1.82, 2.24) is 14.7 Å². The molecule has 1 unspecified atom stereocenters. The van der Waals surface area contributed by atoms with Gasteiger partial charge in [0.15, 0.2) is 0 Å². The van der Waals surface area contributed by atoms with Crippen LogP contribution in [0.3, 0.4) is 0 Å². The summed E-state index contributed by atoms with van der Waals surface area (Å²) in [6.45, 7) is 9.18. The topological polar surface area (TPSA) is 54.5 Å². The summed E-state index contributed by atoms with van der Waals surface area (Å²) in [5.74, 6) is 1.89. The van der Waals surface area contributed by atoms with Crippen LogP contribution in [0.5, 0.6) is 11.5 Å². The zero-order valence-electron chi connectivity index (χ0n) is 23.1. The van der Waals surface area contributed by atoms with Gasteiger partial charge >= 0.3 is 0 Å². The van der Waals surface area contributed by atoms with E-state index in [9.17, 15) is 4.79 Å². The number of piperidine rings is 1. The van der Waals surface area contributed by atoms with Gasteiger partial charge in [0.2, 0.25) is 5.91 Å². The fourth-order valence-electron chi connectivity index (χ4n) is 5.28. The van der Waals surface area contributed by atoms with Crippen molar-refractivity contribution in [3.8, 4) is 11.5 Å². The Balaban J connectivity index is 1.45. The number of ether oxygens (including phenoxy) is 3. The maximum Gasteiger partial charge on any atom is 0.223 e. The Bertz CT molecular complexity index is 1060. The molecular weight excluding hydrogens is 502 g/mol. The average Bonchev–Trinajstić information content (AvgIpc) is 2.90. The third kappa shape index (κ3) is 8.34. The molecule has 2 aromatic rings. The van der Waals surface area contributed by atoms with Crippen molar-refractivity contribution in [2.75, 3.05) is 73.2 Å². The Morgan fingerprint density at radius 1 is 1.08 bits per heavy atom. The average molecular weight is 544 g/mol. The van der Waals surface area contributed by atoms with Crippen molar-refractivity contribution in [3.63, 3.8) is 0 Å². The summed E-state index contributed by atoms with van der Waals surface area (Å²) < 4.78 is 17.8. The number of hydrogen-bond donors (Lipinski definition) is 0. The van der Waals surface area contributed by atoms with Crippen LogP contribution in [-0.4, -0.2) is 93.9 Å². The molecule has 2 fully saturated rings. The lowest BCUT2D eigenvalue weighted by molar-refractivity contribution is -0.139. The van der Waals surface area contributed by atoms with Crippen LogP contribution in [-0.2, 0) is 16.1 Å². The molecule has 0 bridgehead atoms. The molecular formula is C30H42ClN3O4. The predicted octanol–water partition coefficient (Wildman–Crippen LogP) is 4.50. The maximum absolute atomic E-state index is 13.4. The van der Waals surface area contributed by atoms with Gasteiger partial charge in [-0.2, -0.15) is 0 Å². The van der Waals surface area contributed by atoms with Gasteiger partial charge in [-0.05, 0) is 81.9 Å². The van der Waals surface area contributed by atoms with Crippen molar-refractivity contribution in [1.29, 1.82) is 0 Å². The zero-order chi connectivity index (χ0) is 27.0. The van der Waals surface area contributed by atoms with E-state index >= 15 is 0 Å². The Kier molecular flexibility index (Phi) is 10.3. The van der Waals surface area contributed by atoms with Crippen LogP contribution in [0.2, 0.25) is 5.02 Å². The highest BCUT2D eigenvalue weighted by molar-refractivity contribution is 6.31. The molecule has 1 amide bonds. The second kappa shape index (κ2) is 13.7. The predicted molar refractivity (Wildman–Crippen MR) is 151 cm³/mol. The van der Waals surface area contributed by atoms with Crippen LogP contribution in [0.1, 0.15) is 30.4 Å². The monoisotopic (exact) mass is 543 g/mol. The highest BCUT2D eigenvalue weighted by Crippen LogP contribution is 2.36. The Morgan fingerprint density at radius 3 is 2.63 bits per heavy atom. The minimum Gasteiger partial charge on any atom is -0.493 e. The quantitative estimate of drug-likeness (QED) is 0.416. The lowest BCUT2D eigenvalue weighted by Gasteiger charge is -2.43. The second-order valence-corrected chi connectivity index (χ2v) is 11.4. The first-order valence-corrected chi connectivity index (χ1v) is 14.0. The van der Waals surface area contributed by atoms with Crippen molar-refractivity contribution < 1.29 is 19.0 Å². The number of amides is 1. The Labute approximate surface area is 232 Å². The number of hydrogen-bond acceptors (Lipinski definition) is 6. The van der Waals surface area contributed by atoms with E-state index in [1.807, 2.05) is 50.2 Å². The first-order valence-electron chi connectivity index (χ1n) is 13.7. The summed E-state index contributed by atoms with van der Waals surface area (Å²) in [5.41, 5.74) is 1.94. The van der Waals surface area contributed by atoms with Gasteiger partial charge < -0.3 is 24.0 Å². The van der Waals surface area contributed by atoms with Crippen molar-refractivity contribution in [3.05, 3.63) is 58.6 Å².